The van der Waals surface area contributed by atoms with E-state index >= 15 is 0 Å². The third-order valence-electron chi connectivity index (χ3n) is 7.03. The first kappa shape index (κ1) is 31.3. The first-order chi connectivity index (χ1) is 21.5. The standard InChI is InChI=1S/C27H27N7O9S2/c1-3-33-8-13(21(37)12-5-16(35)17(36)6-15(12)33)22(38)29-7-11-9-44-25-19(24(40)34(25)20(11)26(41)42)31-23(39)18(32-43-4-2)14-10-45-27(28)30-14/h5-6,8,10,19,25,35-36H,3-4,7,9H2,1-2H3,(H2,28,30)(H,29,38)(H,31,39)(H,41,42)/b32-18-/t19-,25?/m1/s1. The summed E-state index contributed by atoms with van der Waals surface area (Å²) >= 11 is 2.27. The number of nitrogens with zero attached hydrogens (tertiary/aromatic N) is 4. The fourth-order valence-electron chi connectivity index (χ4n) is 4.88. The van der Waals surface area contributed by atoms with Gasteiger partial charge in [0.25, 0.3) is 17.7 Å². The third kappa shape index (κ3) is 5.76. The number of benzene rings is 1. The summed E-state index contributed by atoms with van der Waals surface area (Å²) < 4.78 is 1.55. The Bertz CT molecular complexity index is 1870. The highest BCUT2D eigenvalue weighted by molar-refractivity contribution is 8.00. The minimum atomic E-state index is -1.41. The van der Waals surface area contributed by atoms with Crippen molar-refractivity contribution in [2.75, 3.05) is 24.6 Å². The molecule has 2 atom stereocenters. The van der Waals surface area contributed by atoms with Gasteiger partial charge < -0.3 is 41.1 Å². The number of fused-ring (bicyclic) bond motifs is 2. The second-order valence-electron chi connectivity index (χ2n) is 9.75. The molecule has 1 aromatic carbocycles. The maximum absolute atomic E-state index is 13.1. The number of carboxylic acid groups (broad SMARTS) is 1. The van der Waals surface area contributed by atoms with Gasteiger partial charge in [-0.25, -0.2) is 9.78 Å². The average molecular weight is 658 g/mol. The van der Waals surface area contributed by atoms with Crippen LogP contribution in [0.4, 0.5) is 5.13 Å². The van der Waals surface area contributed by atoms with E-state index in [1.165, 1.54) is 29.4 Å². The van der Waals surface area contributed by atoms with E-state index in [1.807, 2.05) is 0 Å². The number of aliphatic carboxylic acids is 1. The molecule has 0 spiro atoms. The molecule has 45 heavy (non-hydrogen) atoms. The molecule has 16 nitrogen and oxygen atoms in total. The number of thiazole rings is 1. The van der Waals surface area contributed by atoms with Crippen molar-refractivity contribution in [3.05, 3.63) is 56.5 Å². The Kier molecular flexibility index (Phi) is 8.69. The lowest BCUT2D eigenvalue weighted by Gasteiger charge is -2.49. The molecule has 1 unspecified atom stereocenters. The summed E-state index contributed by atoms with van der Waals surface area (Å²) in [5.41, 5.74) is 4.86. The number of oxime groups is 1. The molecule has 1 fully saturated rings. The molecule has 2 aromatic heterocycles. The molecule has 0 saturated carbocycles. The summed E-state index contributed by atoms with van der Waals surface area (Å²) in [7, 11) is 0. The van der Waals surface area contributed by atoms with Crippen molar-refractivity contribution in [2.24, 2.45) is 5.16 Å². The lowest BCUT2D eigenvalue weighted by atomic mass is 10.0. The van der Waals surface area contributed by atoms with E-state index in [4.69, 9.17) is 10.6 Å². The maximum atomic E-state index is 13.1. The number of hydrogen-bond acceptors (Lipinski definition) is 13. The first-order valence-corrected chi connectivity index (χ1v) is 15.4. The zero-order chi connectivity index (χ0) is 32.6. The van der Waals surface area contributed by atoms with Crippen LogP contribution < -0.4 is 21.8 Å². The zero-order valence-electron chi connectivity index (χ0n) is 23.8. The van der Waals surface area contributed by atoms with Crippen LogP contribution in [0.15, 0.2) is 44.9 Å². The lowest BCUT2D eigenvalue weighted by Crippen LogP contribution is -2.71. The molecule has 5 rings (SSSR count). The highest BCUT2D eigenvalue weighted by Crippen LogP contribution is 2.40. The summed E-state index contributed by atoms with van der Waals surface area (Å²) in [5.74, 6) is -4.51. The molecule has 2 aliphatic rings. The molecule has 7 N–H and O–H groups in total. The number of pyridine rings is 1. The molecule has 236 valence electrons. The quantitative estimate of drug-likeness (QED) is 0.0751. The van der Waals surface area contributed by atoms with Crippen LogP contribution in [0.25, 0.3) is 10.9 Å². The first-order valence-electron chi connectivity index (χ1n) is 13.5. The number of thioether (sulfide) groups is 1. The van der Waals surface area contributed by atoms with Crippen LogP contribution in [0.1, 0.15) is 29.9 Å². The van der Waals surface area contributed by atoms with E-state index in [-0.39, 0.29) is 57.7 Å². The molecular weight excluding hydrogens is 630 g/mol. The second-order valence-corrected chi connectivity index (χ2v) is 11.7. The Hall–Kier alpha value is -5.10. The summed E-state index contributed by atoms with van der Waals surface area (Å²) in [6, 6.07) is 1.22. The van der Waals surface area contributed by atoms with Crippen molar-refractivity contribution in [3.63, 3.8) is 0 Å². The largest absolute Gasteiger partial charge is 0.504 e. The molecule has 0 aliphatic carbocycles. The van der Waals surface area contributed by atoms with Crippen LogP contribution in [0.5, 0.6) is 11.5 Å². The zero-order valence-corrected chi connectivity index (χ0v) is 25.4. The summed E-state index contributed by atoms with van der Waals surface area (Å²) in [6.07, 6.45) is 1.31. The van der Waals surface area contributed by atoms with Crippen LogP contribution in [0, 0.1) is 0 Å². The highest BCUT2D eigenvalue weighted by atomic mass is 32.2. The number of aromatic nitrogens is 2. The normalized spacial score (nSPS) is 18.0. The molecular formula is C27H27N7O9S2. The van der Waals surface area contributed by atoms with E-state index in [9.17, 15) is 39.3 Å². The number of carbonyl (C=O) groups is 4. The Morgan fingerprint density at radius 3 is 2.58 bits per heavy atom. The highest BCUT2D eigenvalue weighted by Gasteiger charge is 2.54. The second kappa shape index (κ2) is 12.5. The number of aryl methyl sites for hydroxylation is 1. The molecule has 1 saturated heterocycles. The summed E-state index contributed by atoms with van der Waals surface area (Å²) in [5, 5.41) is 39.7. The number of amides is 3. The minimum absolute atomic E-state index is 0.00766. The van der Waals surface area contributed by atoms with Gasteiger partial charge in [0, 0.05) is 36.5 Å². The van der Waals surface area contributed by atoms with Gasteiger partial charge in [0.2, 0.25) is 5.43 Å². The van der Waals surface area contributed by atoms with Crippen LogP contribution in [0.3, 0.4) is 0 Å². The van der Waals surface area contributed by atoms with Crippen LogP contribution >= 0.6 is 23.1 Å². The van der Waals surface area contributed by atoms with Crippen molar-refractivity contribution in [1.29, 1.82) is 0 Å². The van der Waals surface area contributed by atoms with Crippen molar-refractivity contribution in [2.45, 2.75) is 31.8 Å². The number of carbonyl (C=O) groups excluding carboxylic acids is 3. The van der Waals surface area contributed by atoms with Crippen molar-refractivity contribution in [3.8, 4) is 11.5 Å². The smallest absolute Gasteiger partial charge is 0.352 e. The predicted octanol–water partition coefficient (Wildman–Crippen LogP) is 0.381. The topological polar surface area (TPSA) is 239 Å². The fraction of sp³-hybridized carbons (Fsp3) is 0.296. The Balaban J connectivity index is 1.34. The molecule has 2 aliphatic heterocycles. The summed E-state index contributed by atoms with van der Waals surface area (Å²) in [4.78, 5) is 74.8. The number of anilines is 1. The Labute approximate surface area is 262 Å². The maximum Gasteiger partial charge on any atom is 0.352 e. The monoisotopic (exact) mass is 657 g/mol. The predicted molar refractivity (Wildman–Crippen MR) is 164 cm³/mol. The van der Waals surface area contributed by atoms with E-state index in [2.05, 4.69) is 20.8 Å². The third-order valence-corrected chi connectivity index (χ3v) is 9.04. The van der Waals surface area contributed by atoms with Gasteiger partial charge in [0.05, 0.1) is 10.9 Å². The van der Waals surface area contributed by atoms with Gasteiger partial charge >= 0.3 is 5.97 Å². The summed E-state index contributed by atoms with van der Waals surface area (Å²) in [6.45, 7) is 3.64. The van der Waals surface area contributed by atoms with Gasteiger partial charge in [0.1, 0.15) is 35.0 Å². The molecule has 4 heterocycles. The number of rotatable bonds is 10. The van der Waals surface area contributed by atoms with Crippen molar-refractivity contribution >= 4 is 68.5 Å². The van der Waals surface area contributed by atoms with Gasteiger partial charge in [-0.15, -0.1) is 23.1 Å². The van der Waals surface area contributed by atoms with E-state index < -0.39 is 52.0 Å². The van der Waals surface area contributed by atoms with Crippen molar-refractivity contribution < 1.29 is 39.3 Å². The fourth-order valence-corrected chi connectivity index (χ4v) is 6.77. The Morgan fingerprint density at radius 1 is 1.20 bits per heavy atom. The SMILES string of the molecule is CCO/N=C(\C(=O)N[C@@H]1C(=O)N2C(C(=O)O)=C(CNC(=O)c3cn(CC)c4cc(O)c(O)cc4c3=O)CSC12)c1csc(N)n1. The molecule has 0 radical (unpaired) electrons. The average Bonchev–Trinajstić information content (AvgIpc) is 3.44. The molecule has 3 aromatic rings. The van der Waals surface area contributed by atoms with E-state index in [0.717, 1.165) is 22.3 Å². The molecule has 3 amide bonds. The van der Waals surface area contributed by atoms with Crippen LogP contribution in [-0.2, 0) is 25.8 Å². The van der Waals surface area contributed by atoms with Crippen molar-refractivity contribution in [1.82, 2.24) is 25.1 Å². The molecule has 18 heteroatoms. The lowest BCUT2D eigenvalue weighted by molar-refractivity contribution is -0.150. The number of phenolic OH excluding ortho intramolecular Hbond substituents is 2. The van der Waals surface area contributed by atoms with Gasteiger partial charge in [-0.1, -0.05) is 5.16 Å². The van der Waals surface area contributed by atoms with E-state index in [1.54, 1.807) is 18.4 Å². The number of hydrogen-bond donors (Lipinski definition) is 6. The van der Waals surface area contributed by atoms with Crippen LogP contribution in [-0.4, -0.2) is 89.5 Å². The minimum Gasteiger partial charge on any atom is -0.504 e. The number of nitrogens with one attached hydrogen (secondary N) is 2. The van der Waals surface area contributed by atoms with Gasteiger partial charge in [-0.2, -0.15) is 0 Å². The van der Waals surface area contributed by atoms with Gasteiger partial charge in [0.15, 0.2) is 22.3 Å². The molecule has 0 bridgehead atoms. The van der Waals surface area contributed by atoms with E-state index in [0.29, 0.717) is 12.1 Å². The number of aromatic hydroxyl groups is 2. The number of carboxylic acids is 1. The number of phenols is 2. The number of nitrogen functional groups attached to an aromatic ring is 1. The van der Waals surface area contributed by atoms with Crippen LogP contribution in [0.2, 0.25) is 0 Å². The number of nitrogens with two attached hydrogens (primary N) is 1. The number of β-lactam (4-membered cyclic amide) rings is 1. The van der Waals surface area contributed by atoms with Gasteiger partial charge in [-0.05, 0) is 25.5 Å². The Morgan fingerprint density at radius 2 is 1.93 bits per heavy atom. The van der Waals surface area contributed by atoms with Gasteiger partial charge in [-0.3, -0.25) is 24.1 Å².